The molecule has 90 valence electrons. The molecule has 0 aliphatic heterocycles. The van der Waals surface area contributed by atoms with E-state index in [0.717, 1.165) is 12.1 Å². The van der Waals surface area contributed by atoms with Gasteiger partial charge in [0.25, 0.3) is 0 Å². The van der Waals surface area contributed by atoms with Crippen LogP contribution in [0.5, 0.6) is 5.88 Å². The molecule has 16 heavy (non-hydrogen) atoms. The van der Waals surface area contributed by atoms with Gasteiger partial charge in [-0.05, 0) is 12.5 Å². The minimum Gasteiger partial charge on any atom is -0.475 e. The van der Waals surface area contributed by atoms with Gasteiger partial charge in [-0.3, -0.25) is 0 Å². The van der Waals surface area contributed by atoms with E-state index in [2.05, 4.69) is 4.98 Å². The summed E-state index contributed by atoms with van der Waals surface area (Å²) in [6, 6.07) is 5.23. The second-order valence-corrected chi connectivity index (χ2v) is 3.56. The van der Waals surface area contributed by atoms with Crippen molar-refractivity contribution in [2.75, 3.05) is 13.2 Å². The average molecular weight is 226 g/mol. The molecule has 0 aromatic carbocycles. The lowest BCUT2D eigenvalue weighted by Crippen LogP contribution is -2.22. The summed E-state index contributed by atoms with van der Waals surface area (Å²) in [4.78, 5) is 4.21. The molecule has 0 fully saturated rings. The first-order valence-electron chi connectivity index (χ1n) is 5.31. The van der Waals surface area contributed by atoms with Crippen molar-refractivity contribution >= 4 is 0 Å². The predicted octanol–water partition coefficient (Wildman–Crippen LogP) is 0.223. The van der Waals surface area contributed by atoms with Crippen LogP contribution < -0.4 is 10.5 Å². The summed E-state index contributed by atoms with van der Waals surface area (Å²) >= 11 is 0. The van der Waals surface area contributed by atoms with E-state index in [1.807, 2.05) is 13.0 Å². The maximum atomic E-state index is 9.12. The monoisotopic (exact) mass is 226 g/mol. The number of nitrogens with two attached hydrogens (primary N) is 1. The molecule has 0 radical (unpaired) electrons. The first-order chi connectivity index (χ1) is 7.67. The van der Waals surface area contributed by atoms with Crippen LogP contribution in [0, 0.1) is 0 Å². The topological polar surface area (TPSA) is 88.6 Å². The molecule has 5 heteroatoms. The summed E-state index contributed by atoms with van der Waals surface area (Å²) in [6.07, 6.45) is -0.0827. The van der Waals surface area contributed by atoms with Gasteiger partial charge in [0.1, 0.15) is 12.7 Å². The molecule has 0 bridgehead atoms. The van der Waals surface area contributed by atoms with E-state index in [0.29, 0.717) is 5.88 Å². The van der Waals surface area contributed by atoms with Gasteiger partial charge in [-0.2, -0.15) is 0 Å². The third kappa shape index (κ3) is 3.77. The van der Waals surface area contributed by atoms with E-state index in [-0.39, 0.29) is 19.3 Å². The first-order valence-corrected chi connectivity index (χ1v) is 5.31. The third-order valence-corrected chi connectivity index (χ3v) is 2.20. The SMILES string of the molecule is CCC(N)c1cccc(OCC(O)CO)n1. The Kier molecular flexibility index (Phi) is 5.18. The molecule has 0 aliphatic carbocycles. The summed E-state index contributed by atoms with van der Waals surface area (Å²) < 4.78 is 5.22. The fourth-order valence-corrected chi connectivity index (χ4v) is 1.16. The number of aromatic nitrogens is 1. The van der Waals surface area contributed by atoms with Crippen molar-refractivity contribution in [1.82, 2.24) is 4.98 Å². The second kappa shape index (κ2) is 6.42. The van der Waals surface area contributed by atoms with Crippen molar-refractivity contribution in [3.05, 3.63) is 23.9 Å². The van der Waals surface area contributed by atoms with Crippen LogP contribution in [0.2, 0.25) is 0 Å². The maximum Gasteiger partial charge on any atom is 0.213 e. The van der Waals surface area contributed by atoms with Gasteiger partial charge >= 0.3 is 0 Å². The molecule has 0 spiro atoms. The van der Waals surface area contributed by atoms with Crippen molar-refractivity contribution in [3.8, 4) is 5.88 Å². The fraction of sp³-hybridized carbons (Fsp3) is 0.545. The quantitative estimate of drug-likeness (QED) is 0.646. The van der Waals surface area contributed by atoms with Gasteiger partial charge in [0.2, 0.25) is 5.88 Å². The summed E-state index contributed by atoms with van der Waals surface area (Å²) in [5.41, 5.74) is 6.60. The minimum absolute atomic E-state index is 0.0221. The van der Waals surface area contributed by atoms with Gasteiger partial charge in [0.05, 0.1) is 12.3 Å². The second-order valence-electron chi connectivity index (χ2n) is 3.56. The van der Waals surface area contributed by atoms with Crippen molar-refractivity contribution < 1.29 is 14.9 Å². The summed E-state index contributed by atoms with van der Waals surface area (Å²) in [6.45, 7) is 1.68. The van der Waals surface area contributed by atoms with E-state index in [1.165, 1.54) is 0 Å². The number of aliphatic hydroxyl groups excluding tert-OH is 2. The Morgan fingerprint density at radius 2 is 2.25 bits per heavy atom. The number of aliphatic hydroxyl groups is 2. The number of rotatable bonds is 6. The molecule has 0 aliphatic rings. The van der Waals surface area contributed by atoms with Gasteiger partial charge in [-0.15, -0.1) is 0 Å². The van der Waals surface area contributed by atoms with E-state index in [1.54, 1.807) is 12.1 Å². The number of hydrogen-bond donors (Lipinski definition) is 3. The van der Waals surface area contributed by atoms with Gasteiger partial charge in [0.15, 0.2) is 0 Å². The van der Waals surface area contributed by atoms with Crippen molar-refractivity contribution in [2.45, 2.75) is 25.5 Å². The van der Waals surface area contributed by atoms with Gasteiger partial charge in [-0.1, -0.05) is 13.0 Å². The van der Waals surface area contributed by atoms with Gasteiger partial charge in [0, 0.05) is 12.1 Å². The van der Waals surface area contributed by atoms with E-state index >= 15 is 0 Å². The zero-order valence-corrected chi connectivity index (χ0v) is 9.34. The molecule has 1 rings (SSSR count). The Labute approximate surface area is 94.9 Å². The van der Waals surface area contributed by atoms with Crippen LogP contribution >= 0.6 is 0 Å². The highest BCUT2D eigenvalue weighted by Crippen LogP contribution is 2.14. The summed E-state index contributed by atoms with van der Waals surface area (Å²) in [7, 11) is 0. The molecule has 1 aromatic heterocycles. The Morgan fingerprint density at radius 3 is 2.88 bits per heavy atom. The minimum atomic E-state index is -0.884. The van der Waals surface area contributed by atoms with E-state index in [9.17, 15) is 0 Å². The highest BCUT2D eigenvalue weighted by molar-refractivity contribution is 5.17. The molecule has 1 aromatic rings. The lowest BCUT2D eigenvalue weighted by Gasteiger charge is -2.12. The van der Waals surface area contributed by atoms with Crippen LogP contribution in [0.15, 0.2) is 18.2 Å². The molecule has 0 saturated carbocycles. The Hall–Kier alpha value is -1.17. The number of ether oxygens (including phenoxy) is 1. The molecule has 1 heterocycles. The predicted molar refractivity (Wildman–Crippen MR) is 60.0 cm³/mol. The molecule has 0 amide bonds. The van der Waals surface area contributed by atoms with Gasteiger partial charge < -0.3 is 20.7 Å². The zero-order valence-electron chi connectivity index (χ0n) is 9.34. The molecular weight excluding hydrogens is 208 g/mol. The van der Waals surface area contributed by atoms with Gasteiger partial charge in [-0.25, -0.2) is 4.98 Å². The number of nitrogens with zero attached hydrogens (tertiary/aromatic N) is 1. The van der Waals surface area contributed by atoms with Crippen LogP contribution in [0.3, 0.4) is 0 Å². The lowest BCUT2D eigenvalue weighted by atomic mass is 10.1. The lowest BCUT2D eigenvalue weighted by molar-refractivity contribution is 0.0520. The molecular formula is C11H18N2O3. The summed E-state index contributed by atoms with van der Waals surface area (Å²) in [5, 5.41) is 17.7. The molecule has 5 nitrogen and oxygen atoms in total. The van der Waals surface area contributed by atoms with Crippen molar-refractivity contribution in [3.63, 3.8) is 0 Å². The number of pyridine rings is 1. The van der Waals surface area contributed by atoms with E-state index in [4.69, 9.17) is 20.7 Å². The van der Waals surface area contributed by atoms with Crippen LogP contribution in [0.4, 0.5) is 0 Å². The van der Waals surface area contributed by atoms with Crippen LogP contribution in [-0.4, -0.2) is 34.5 Å². The highest BCUT2D eigenvalue weighted by atomic mass is 16.5. The number of hydrogen-bond acceptors (Lipinski definition) is 5. The van der Waals surface area contributed by atoms with Crippen LogP contribution in [-0.2, 0) is 0 Å². The largest absolute Gasteiger partial charge is 0.475 e. The van der Waals surface area contributed by atoms with Crippen molar-refractivity contribution in [2.24, 2.45) is 5.73 Å². The zero-order chi connectivity index (χ0) is 12.0. The Balaban J connectivity index is 2.60. The first kappa shape index (κ1) is 12.9. The fourth-order valence-electron chi connectivity index (χ4n) is 1.16. The molecule has 0 saturated heterocycles. The summed E-state index contributed by atoms with van der Waals surface area (Å²) in [5.74, 6) is 0.411. The molecule has 2 atom stereocenters. The molecule has 4 N–H and O–H groups in total. The van der Waals surface area contributed by atoms with Crippen LogP contribution in [0.25, 0.3) is 0 Å². The highest BCUT2D eigenvalue weighted by Gasteiger charge is 2.07. The Bertz CT molecular complexity index is 320. The van der Waals surface area contributed by atoms with Crippen LogP contribution in [0.1, 0.15) is 25.1 Å². The van der Waals surface area contributed by atoms with E-state index < -0.39 is 6.10 Å². The smallest absolute Gasteiger partial charge is 0.213 e. The average Bonchev–Trinajstić information content (AvgIpc) is 2.35. The van der Waals surface area contributed by atoms with Crippen molar-refractivity contribution in [1.29, 1.82) is 0 Å². The third-order valence-electron chi connectivity index (χ3n) is 2.20. The maximum absolute atomic E-state index is 9.12. The standard InChI is InChI=1S/C11H18N2O3/c1-2-9(12)10-4-3-5-11(13-10)16-7-8(15)6-14/h3-5,8-9,14-15H,2,6-7,12H2,1H3. The molecule has 2 unspecified atom stereocenters. The Morgan fingerprint density at radius 1 is 1.50 bits per heavy atom. The normalized spacial score (nSPS) is 14.5.